The van der Waals surface area contributed by atoms with Gasteiger partial charge in [-0.05, 0) is 25.2 Å². The molecule has 0 aliphatic carbocycles. The zero-order valence-corrected chi connectivity index (χ0v) is 16.9. The predicted molar refractivity (Wildman–Crippen MR) is 105 cm³/mol. The van der Waals surface area contributed by atoms with E-state index in [2.05, 4.69) is 27.7 Å². The molecule has 0 saturated heterocycles. The van der Waals surface area contributed by atoms with Gasteiger partial charge in [-0.15, -0.1) is 0 Å². The lowest BCUT2D eigenvalue weighted by atomic mass is 9.91. The van der Waals surface area contributed by atoms with E-state index in [4.69, 9.17) is 4.74 Å². The minimum absolute atomic E-state index is 0.505. The normalized spacial score (nSPS) is 14.1. The number of hydrogen-bond acceptors (Lipinski definition) is 1. The predicted octanol–water partition coefficient (Wildman–Crippen LogP) is 7.92. The van der Waals surface area contributed by atoms with Crippen molar-refractivity contribution in [3.8, 4) is 0 Å². The van der Waals surface area contributed by atoms with Gasteiger partial charge in [0.25, 0.3) is 0 Å². The summed E-state index contributed by atoms with van der Waals surface area (Å²) in [6.07, 6.45) is 21.1. The maximum atomic E-state index is 6.06. The molecule has 1 heteroatoms. The SMILES string of the molecule is CCCCCCCCCCCC(CC)CC(CC)OCCCC. The number of rotatable bonds is 18. The van der Waals surface area contributed by atoms with E-state index in [-0.39, 0.29) is 0 Å². The summed E-state index contributed by atoms with van der Waals surface area (Å²) in [4.78, 5) is 0. The van der Waals surface area contributed by atoms with Gasteiger partial charge in [0.15, 0.2) is 0 Å². The third-order valence-electron chi connectivity index (χ3n) is 5.20. The first kappa shape index (κ1) is 23.0. The van der Waals surface area contributed by atoms with Gasteiger partial charge in [0.05, 0.1) is 6.10 Å². The first-order chi connectivity index (χ1) is 11.3. The van der Waals surface area contributed by atoms with Crippen LogP contribution in [-0.2, 0) is 4.74 Å². The fraction of sp³-hybridized carbons (Fsp3) is 1.00. The molecule has 140 valence electrons. The first-order valence-electron chi connectivity index (χ1n) is 10.9. The van der Waals surface area contributed by atoms with Gasteiger partial charge in [-0.25, -0.2) is 0 Å². The van der Waals surface area contributed by atoms with Crippen molar-refractivity contribution in [2.75, 3.05) is 6.61 Å². The van der Waals surface area contributed by atoms with E-state index in [0.717, 1.165) is 12.5 Å². The van der Waals surface area contributed by atoms with Crippen molar-refractivity contribution in [2.45, 2.75) is 130 Å². The first-order valence-corrected chi connectivity index (χ1v) is 10.9. The number of hydrogen-bond donors (Lipinski definition) is 0. The molecule has 0 aromatic carbocycles. The Hall–Kier alpha value is -0.0400. The van der Waals surface area contributed by atoms with Crippen LogP contribution < -0.4 is 0 Å². The highest BCUT2D eigenvalue weighted by Crippen LogP contribution is 2.22. The summed E-state index contributed by atoms with van der Waals surface area (Å²) in [6, 6.07) is 0. The molecule has 0 radical (unpaired) electrons. The molecule has 2 unspecified atom stereocenters. The highest BCUT2D eigenvalue weighted by molar-refractivity contribution is 4.65. The van der Waals surface area contributed by atoms with Gasteiger partial charge in [-0.3, -0.25) is 0 Å². The van der Waals surface area contributed by atoms with E-state index in [1.807, 2.05) is 0 Å². The maximum Gasteiger partial charge on any atom is 0.0575 e. The second-order valence-corrected chi connectivity index (χ2v) is 7.38. The molecule has 0 bridgehead atoms. The highest BCUT2D eigenvalue weighted by Gasteiger charge is 2.14. The Morgan fingerprint density at radius 1 is 0.609 bits per heavy atom. The third-order valence-corrected chi connectivity index (χ3v) is 5.20. The molecule has 0 spiro atoms. The number of unbranched alkanes of at least 4 members (excludes halogenated alkanes) is 9. The molecule has 0 aromatic heterocycles. The molecule has 0 rings (SSSR count). The van der Waals surface area contributed by atoms with Crippen LogP contribution >= 0.6 is 0 Å². The molecule has 2 atom stereocenters. The van der Waals surface area contributed by atoms with Gasteiger partial charge in [-0.1, -0.05) is 105 Å². The molecule has 0 saturated carbocycles. The quantitative estimate of drug-likeness (QED) is 0.232. The van der Waals surface area contributed by atoms with Crippen LogP contribution in [0.15, 0.2) is 0 Å². The Morgan fingerprint density at radius 2 is 1.17 bits per heavy atom. The highest BCUT2D eigenvalue weighted by atomic mass is 16.5. The molecular formula is C22H46O. The molecule has 1 nitrogen and oxygen atoms in total. The summed E-state index contributed by atoms with van der Waals surface area (Å²) in [5, 5.41) is 0. The average molecular weight is 327 g/mol. The number of ether oxygens (including phenoxy) is 1. The van der Waals surface area contributed by atoms with Crippen molar-refractivity contribution in [1.82, 2.24) is 0 Å². The molecule has 0 aromatic rings. The summed E-state index contributed by atoms with van der Waals surface area (Å²) in [5.74, 6) is 0.881. The topological polar surface area (TPSA) is 9.23 Å². The largest absolute Gasteiger partial charge is 0.378 e. The Balaban J connectivity index is 3.59. The van der Waals surface area contributed by atoms with E-state index in [9.17, 15) is 0 Å². The van der Waals surface area contributed by atoms with Crippen LogP contribution in [0.1, 0.15) is 124 Å². The fourth-order valence-electron chi connectivity index (χ4n) is 3.35. The lowest BCUT2D eigenvalue weighted by Gasteiger charge is -2.22. The van der Waals surface area contributed by atoms with Gasteiger partial charge < -0.3 is 4.74 Å². The fourth-order valence-corrected chi connectivity index (χ4v) is 3.35. The minimum atomic E-state index is 0.505. The van der Waals surface area contributed by atoms with Crippen molar-refractivity contribution >= 4 is 0 Å². The summed E-state index contributed by atoms with van der Waals surface area (Å²) in [6.45, 7) is 10.1. The molecule has 0 heterocycles. The second kappa shape index (κ2) is 18.3. The van der Waals surface area contributed by atoms with Gasteiger partial charge in [0.2, 0.25) is 0 Å². The van der Waals surface area contributed by atoms with Crippen LogP contribution in [0.25, 0.3) is 0 Å². The van der Waals surface area contributed by atoms with Crippen LogP contribution in [0.4, 0.5) is 0 Å². The van der Waals surface area contributed by atoms with E-state index in [1.165, 1.54) is 96.3 Å². The van der Waals surface area contributed by atoms with Gasteiger partial charge in [-0.2, -0.15) is 0 Å². The van der Waals surface area contributed by atoms with Crippen molar-refractivity contribution in [2.24, 2.45) is 5.92 Å². The zero-order valence-electron chi connectivity index (χ0n) is 16.9. The van der Waals surface area contributed by atoms with E-state index >= 15 is 0 Å². The molecule has 0 amide bonds. The summed E-state index contributed by atoms with van der Waals surface area (Å²) in [5.41, 5.74) is 0. The van der Waals surface area contributed by atoms with Crippen molar-refractivity contribution in [1.29, 1.82) is 0 Å². The van der Waals surface area contributed by atoms with Gasteiger partial charge in [0, 0.05) is 6.61 Å². The van der Waals surface area contributed by atoms with Crippen LogP contribution in [0.2, 0.25) is 0 Å². The Morgan fingerprint density at radius 3 is 1.70 bits per heavy atom. The van der Waals surface area contributed by atoms with Crippen molar-refractivity contribution in [3.05, 3.63) is 0 Å². The van der Waals surface area contributed by atoms with Crippen molar-refractivity contribution < 1.29 is 4.74 Å². The summed E-state index contributed by atoms with van der Waals surface area (Å²) >= 11 is 0. The second-order valence-electron chi connectivity index (χ2n) is 7.38. The molecule has 0 N–H and O–H groups in total. The van der Waals surface area contributed by atoms with Crippen LogP contribution in [0.5, 0.6) is 0 Å². The maximum absolute atomic E-state index is 6.06. The molecule has 23 heavy (non-hydrogen) atoms. The standard InChI is InChI=1S/C22H46O/c1-5-9-11-12-13-14-15-16-17-18-21(7-3)20-22(8-4)23-19-10-6-2/h21-22H,5-20H2,1-4H3. The van der Waals surface area contributed by atoms with Gasteiger partial charge in [0.1, 0.15) is 0 Å². The van der Waals surface area contributed by atoms with Crippen LogP contribution in [0, 0.1) is 5.92 Å². The molecule has 0 aliphatic rings. The zero-order chi connectivity index (χ0) is 17.2. The van der Waals surface area contributed by atoms with Crippen LogP contribution in [-0.4, -0.2) is 12.7 Å². The lowest BCUT2D eigenvalue weighted by Crippen LogP contribution is -2.17. The van der Waals surface area contributed by atoms with E-state index in [0.29, 0.717) is 6.10 Å². The average Bonchev–Trinajstić information content (AvgIpc) is 2.58. The molecule has 0 fully saturated rings. The van der Waals surface area contributed by atoms with Crippen LogP contribution in [0.3, 0.4) is 0 Å². The molecular weight excluding hydrogens is 280 g/mol. The molecule has 0 aliphatic heterocycles. The van der Waals surface area contributed by atoms with Crippen molar-refractivity contribution in [3.63, 3.8) is 0 Å². The lowest BCUT2D eigenvalue weighted by molar-refractivity contribution is 0.0303. The Kier molecular flexibility index (Phi) is 18.3. The Bertz CT molecular complexity index is 214. The summed E-state index contributed by atoms with van der Waals surface area (Å²) < 4.78 is 6.06. The van der Waals surface area contributed by atoms with Gasteiger partial charge >= 0.3 is 0 Å². The third kappa shape index (κ3) is 15.2. The van der Waals surface area contributed by atoms with E-state index < -0.39 is 0 Å². The monoisotopic (exact) mass is 326 g/mol. The smallest absolute Gasteiger partial charge is 0.0575 e. The van der Waals surface area contributed by atoms with E-state index in [1.54, 1.807) is 0 Å². The Labute approximate surface area is 148 Å². The summed E-state index contributed by atoms with van der Waals surface area (Å²) in [7, 11) is 0. The minimum Gasteiger partial charge on any atom is -0.378 e.